The van der Waals surface area contributed by atoms with Crippen molar-refractivity contribution < 1.29 is 4.79 Å². The van der Waals surface area contributed by atoms with Crippen LogP contribution in [0.2, 0.25) is 0 Å². The summed E-state index contributed by atoms with van der Waals surface area (Å²) in [6, 6.07) is 10.9. The Hall–Kier alpha value is -1.10. The molecule has 4 nitrogen and oxygen atoms in total. The van der Waals surface area contributed by atoms with Crippen LogP contribution in [-0.2, 0) is 11.2 Å². The molecule has 0 saturated carbocycles. The predicted octanol–water partition coefficient (Wildman–Crippen LogP) is 2.23. The molecule has 0 radical (unpaired) electrons. The van der Waals surface area contributed by atoms with Gasteiger partial charge in [0.15, 0.2) is 0 Å². The van der Waals surface area contributed by atoms with E-state index in [9.17, 15) is 4.79 Å². The highest BCUT2D eigenvalue weighted by Crippen LogP contribution is 2.10. The summed E-state index contributed by atoms with van der Waals surface area (Å²) in [4.78, 5) is 14.6. The summed E-state index contributed by atoms with van der Waals surface area (Å²) in [5, 5.41) is 6.41. The number of hydrogen-bond acceptors (Lipinski definition) is 3. The van der Waals surface area contributed by atoms with Gasteiger partial charge in [0.2, 0.25) is 5.91 Å². The van der Waals surface area contributed by atoms with Crippen molar-refractivity contribution in [3.05, 3.63) is 35.9 Å². The summed E-state index contributed by atoms with van der Waals surface area (Å²) in [5.41, 5.74) is 1.33. The number of carbonyl (C=O) groups excluding carboxylic acids is 1. The van der Waals surface area contributed by atoms with Crippen molar-refractivity contribution in [2.75, 3.05) is 26.2 Å². The van der Waals surface area contributed by atoms with Gasteiger partial charge in [-0.25, -0.2) is 0 Å². The fourth-order valence-corrected chi connectivity index (χ4v) is 3.21. The van der Waals surface area contributed by atoms with Gasteiger partial charge in [0.05, 0.1) is 6.04 Å². The second-order valence-corrected chi connectivity index (χ2v) is 5.96. The molecule has 2 N–H and O–H groups in total. The first kappa shape index (κ1) is 19.9. The molecule has 1 aliphatic rings. The van der Waals surface area contributed by atoms with Crippen LogP contribution in [0.15, 0.2) is 30.3 Å². The van der Waals surface area contributed by atoms with E-state index in [0.29, 0.717) is 12.6 Å². The van der Waals surface area contributed by atoms with Crippen molar-refractivity contribution in [3.63, 3.8) is 0 Å². The standard InChI is InChI=1S/C18H29N3O.ClH/c1-3-21(4-2)16(13-15-9-6-5-7-10-15)14-20-18(22)17-11-8-12-19-17;/h5-7,9-10,16-17,19H,3-4,8,11-14H2,1-2H3,(H,20,22);1H. The zero-order chi connectivity index (χ0) is 15.8. The number of halogens is 1. The third-order valence-corrected chi connectivity index (χ3v) is 4.53. The van der Waals surface area contributed by atoms with Crippen LogP contribution in [0.4, 0.5) is 0 Å². The second-order valence-electron chi connectivity index (χ2n) is 5.96. The number of carbonyl (C=O) groups is 1. The molecule has 1 fully saturated rings. The quantitative estimate of drug-likeness (QED) is 0.763. The highest BCUT2D eigenvalue weighted by Gasteiger charge is 2.23. The molecule has 1 heterocycles. The number of likely N-dealkylation sites (N-methyl/N-ethyl adjacent to an activating group) is 1. The van der Waals surface area contributed by atoms with Gasteiger partial charge >= 0.3 is 0 Å². The number of rotatable bonds is 8. The number of nitrogens with one attached hydrogen (secondary N) is 2. The SMILES string of the molecule is CCN(CC)C(CNC(=O)C1CCCN1)Cc1ccccc1.Cl. The van der Waals surface area contributed by atoms with E-state index in [1.165, 1.54) is 5.56 Å². The summed E-state index contributed by atoms with van der Waals surface area (Å²) < 4.78 is 0. The minimum atomic E-state index is 0. The molecular formula is C18H30ClN3O. The zero-order valence-corrected chi connectivity index (χ0v) is 15.1. The van der Waals surface area contributed by atoms with Gasteiger partial charge < -0.3 is 10.6 Å². The van der Waals surface area contributed by atoms with Crippen molar-refractivity contribution in [1.29, 1.82) is 0 Å². The molecule has 2 rings (SSSR count). The zero-order valence-electron chi connectivity index (χ0n) is 14.3. The summed E-state index contributed by atoms with van der Waals surface area (Å²) in [6.07, 6.45) is 3.03. The minimum absolute atomic E-state index is 0. The van der Waals surface area contributed by atoms with Gasteiger partial charge in [0.25, 0.3) is 0 Å². The fourth-order valence-electron chi connectivity index (χ4n) is 3.21. The van der Waals surface area contributed by atoms with E-state index in [1.54, 1.807) is 0 Å². The second kappa shape index (κ2) is 10.6. The first-order valence-electron chi connectivity index (χ1n) is 8.53. The van der Waals surface area contributed by atoms with E-state index >= 15 is 0 Å². The maximum atomic E-state index is 12.2. The molecule has 0 spiro atoms. The van der Waals surface area contributed by atoms with Gasteiger partial charge in [-0.2, -0.15) is 0 Å². The average molecular weight is 340 g/mol. The Morgan fingerprint density at radius 2 is 2.00 bits per heavy atom. The lowest BCUT2D eigenvalue weighted by molar-refractivity contribution is -0.123. The van der Waals surface area contributed by atoms with Crippen LogP contribution in [0.3, 0.4) is 0 Å². The van der Waals surface area contributed by atoms with Crippen LogP contribution in [0.25, 0.3) is 0 Å². The molecule has 1 amide bonds. The van der Waals surface area contributed by atoms with Crippen molar-refractivity contribution in [3.8, 4) is 0 Å². The molecule has 2 atom stereocenters. The van der Waals surface area contributed by atoms with Crippen LogP contribution in [0.1, 0.15) is 32.3 Å². The average Bonchev–Trinajstić information content (AvgIpc) is 3.08. The van der Waals surface area contributed by atoms with Gasteiger partial charge in [-0.1, -0.05) is 44.2 Å². The van der Waals surface area contributed by atoms with E-state index in [4.69, 9.17) is 0 Å². The molecule has 0 bridgehead atoms. The maximum absolute atomic E-state index is 12.2. The van der Waals surface area contributed by atoms with Crippen molar-refractivity contribution in [2.45, 2.75) is 45.2 Å². The van der Waals surface area contributed by atoms with Gasteiger partial charge in [0.1, 0.15) is 0 Å². The lowest BCUT2D eigenvalue weighted by Gasteiger charge is -2.30. The van der Waals surface area contributed by atoms with Crippen LogP contribution in [-0.4, -0.2) is 49.1 Å². The summed E-state index contributed by atoms with van der Waals surface area (Å²) in [7, 11) is 0. The maximum Gasteiger partial charge on any atom is 0.237 e. The van der Waals surface area contributed by atoms with E-state index in [2.05, 4.69) is 53.6 Å². The van der Waals surface area contributed by atoms with E-state index in [0.717, 1.165) is 38.9 Å². The summed E-state index contributed by atoms with van der Waals surface area (Å²) in [6.45, 7) is 8.05. The van der Waals surface area contributed by atoms with E-state index < -0.39 is 0 Å². The van der Waals surface area contributed by atoms with Crippen molar-refractivity contribution >= 4 is 18.3 Å². The van der Waals surface area contributed by atoms with Gasteiger partial charge in [0, 0.05) is 12.6 Å². The molecule has 2 unspecified atom stereocenters. The Bertz CT molecular complexity index is 445. The van der Waals surface area contributed by atoms with Crippen LogP contribution in [0.5, 0.6) is 0 Å². The van der Waals surface area contributed by atoms with Crippen LogP contribution < -0.4 is 10.6 Å². The largest absolute Gasteiger partial charge is 0.353 e. The number of hydrogen-bond donors (Lipinski definition) is 2. The van der Waals surface area contributed by atoms with Gasteiger partial charge in [-0.3, -0.25) is 9.69 Å². The predicted molar refractivity (Wildman–Crippen MR) is 98.1 cm³/mol. The fraction of sp³-hybridized carbons (Fsp3) is 0.611. The molecule has 1 aromatic carbocycles. The lowest BCUT2D eigenvalue weighted by Crippen LogP contribution is -2.48. The molecule has 0 aliphatic carbocycles. The lowest BCUT2D eigenvalue weighted by atomic mass is 10.0. The Morgan fingerprint density at radius 1 is 1.30 bits per heavy atom. The first-order chi connectivity index (χ1) is 10.7. The highest BCUT2D eigenvalue weighted by atomic mass is 35.5. The summed E-state index contributed by atoms with van der Waals surface area (Å²) >= 11 is 0. The molecule has 0 aromatic heterocycles. The molecule has 1 saturated heterocycles. The normalized spacial score (nSPS) is 18.5. The monoisotopic (exact) mass is 339 g/mol. The van der Waals surface area contributed by atoms with E-state index in [1.807, 2.05) is 6.07 Å². The van der Waals surface area contributed by atoms with Gasteiger partial charge in [-0.05, 0) is 44.5 Å². The molecule has 1 aromatic rings. The van der Waals surface area contributed by atoms with Crippen LogP contribution >= 0.6 is 12.4 Å². The number of nitrogens with zero attached hydrogens (tertiary/aromatic N) is 1. The first-order valence-corrected chi connectivity index (χ1v) is 8.53. The molecule has 5 heteroatoms. The number of benzene rings is 1. The number of amides is 1. The topological polar surface area (TPSA) is 44.4 Å². The third kappa shape index (κ3) is 6.13. The minimum Gasteiger partial charge on any atom is -0.353 e. The van der Waals surface area contributed by atoms with Crippen molar-refractivity contribution in [2.24, 2.45) is 0 Å². The summed E-state index contributed by atoms with van der Waals surface area (Å²) in [5.74, 6) is 0.155. The molecular weight excluding hydrogens is 310 g/mol. The van der Waals surface area contributed by atoms with Crippen LogP contribution in [0, 0.1) is 0 Å². The highest BCUT2D eigenvalue weighted by molar-refractivity contribution is 5.85. The van der Waals surface area contributed by atoms with Crippen molar-refractivity contribution in [1.82, 2.24) is 15.5 Å². The Balaban J connectivity index is 0.00000264. The third-order valence-electron chi connectivity index (χ3n) is 4.53. The molecule has 23 heavy (non-hydrogen) atoms. The Labute approximate surface area is 146 Å². The Morgan fingerprint density at radius 3 is 2.57 bits per heavy atom. The Kier molecular flexibility index (Phi) is 9.22. The molecule has 1 aliphatic heterocycles. The van der Waals surface area contributed by atoms with Gasteiger partial charge in [-0.15, -0.1) is 12.4 Å². The molecule has 130 valence electrons. The van der Waals surface area contributed by atoms with E-state index in [-0.39, 0.29) is 24.4 Å². The smallest absolute Gasteiger partial charge is 0.237 e.